The average Bonchev–Trinajstić information content (AvgIpc) is 3.42. The number of ether oxygens (including phenoxy) is 2. The van der Waals surface area contributed by atoms with Crippen LogP contribution < -0.4 is 9.47 Å². The van der Waals surface area contributed by atoms with Gasteiger partial charge in [0.15, 0.2) is 5.82 Å². The molecule has 160 valence electrons. The lowest BCUT2D eigenvalue weighted by Crippen LogP contribution is -2.29. The fraction of sp³-hybridized carbons (Fsp3) is 0.261. The summed E-state index contributed by atoms with van der Waals surface area (Å²) in [6, 6.07) is 13.3. The lowest BCUT2D eigenvalue weighted by molar-refractivity contribution is 0.0792. The molecule has 4 aromatic rings. The Kier molecular flexibility index (Phi) is 5.62. The number of likely N-dealkylation sites (N-methyl/N-ethyl adjacent to an activating group) is 1. The number of nitrogens with one attached hydrogen (secondary N) is 1. The van der Waals surface area contributed by atoms with Gasteiger partial charge in [0.05, 0.1) is 19.8 Å². The molecule has 1 N–H and O–H groups in total. The van der Waals surface area contributed by atoms with E-state index in [1.807, 2.05) is 18.2 Å². The monoisotopic (exact) mass is 420 g/mol. The minimum absolute atomic E-state index is 0.158. The van der Waals surface area contributed by atoms with Crippen LogP contribution in [0.25, 0.3) is 22.5 Å². The van der Waals surface area contributed by atoms with Gasteiger partial charge in [0.1, 0.15) is 17.2 Å². The van der Waals surface area contributed by atoms with Crippen molar-refractivity contribution < 1.29 is 18.8 Å². The second-order valence-corrected chi connectivity index (χ2v) is 7.33. The highest BCUT2D eigenvalue weighted by Crippen LogP contribution is 2.26. The van der Waals surface area contributed by atoms with Crippen LogP contribution in [0.3, 0.4) is 0 Å². The number of nitrogens with zero attached hydrogens (tertiary/aromatic N) is 3. The van der Waals surface area contributed by atoms with Crippen LogP contribution in [0.4, 0.5) is 0 Å². The van der Waals surface area contributed by atoms with Gasteiger partial charge in [0.25, 0.3) is 11.8 Å². The quantitative estimate of drug-likeness (QED) is 0.488. The van der Waals surface area contributed by atoms with Gasteiger partial charge in [0.2, 0.25) is 0 Å². The summed E-state index contributed by atoms with van der Waals surface area (Å²) in [7, 11) is 4.82. The molecule has 0 unspecified atom stereocenters. The van der Waals surface area contributed by atoms with Crippen molar-refractivity contribution in [2.75, 3.05) is 27.8 Å². The zero-order chi connectivity index (χ0) is 22.0. The first kappa shape index (κ1) is 20.5. The molecule has 0 fully saturated rings. The summed E-state index contributed by atoms with van der Waals surface area (Å²) < 4.78 is 15.9. The fourth-order valence-corrected chi connectivity index (χ4v) is 3.38. The van der Waals surface area contributed by atoms with Gasteiger partial charge in [-0.1, -0.05) is 16.8 Å². The Labute approximate surface area is 179 Å². The second kappa shape index (κ2) is 8.51. The van der Waals surface area contributed by atoms with Crippen molar-refractivity contribution in [3.63, 3.8) is 0 Å². The van der Waals surface area contributed by atoms with Crippen molar-refractivity contribution in [3.05, 3.63) is 59.4 Å². The number of hydrogen-bond donors (Lipinski definition) is 1. The van der Waals surface area contributed by atoms with E-state index in [4.69, 9.17) is 14.0 Å². The minimum Gasteiger partial charge on any atom is -0.497 e. The van der Waals surface area contributed by atoms with Crippen LogP contribution in [0.1, 0.15) is 21.7 Å². The standard InChI is InChI=1S/C23H24N4O4/c1-14-5-8-18-15(11-14)12-19(24-18)22-25-21(26-31-22)9-10-27(2)23(28)17-7-6-16(29-3)13-20(17)30-4/h5-8,11-13,24H,9-10H2,1-4H3. The van der Waals surface area contributed by atoms with E-state index < -0.39 is 0 Å². The van der Waals surface area contributed by atoms with Crippen molar-refractivity contribution in [2.45, 2.75) is 13.3 Å². The van der Waals surface area contributed by atoms with Gasteiger partial charge in [0, 0.05) is 37.0 Å². The summed E-state index contributed by atoms with van der Waals surface area (Å²) in [5.74, 6) is 1.89. The Morgan fingerprint density at radius 2 is 1.97 bits per heavy atom. The molecular formula is C23H24N4O4. The van der Waals surface area contributed by atoms with Crippen LogP contribution in [-0.4, -0.2) is 53.7 Å². The van der Waals surface area contributed by atoms with E-state index in [0.29, 0.717) is 41.7 Å². The molecule has 2 aromatic heterocycles. The fourth-order valence-electron chi connectivity index (χ4n) is 3.38. The number of benzene rings is 2. The van der Waals surface area contributed by atoms with Crippen LogP contribution in [0.2, 0.25) is 0 Å². The lowest BCUT2D eigenvalue weighted by atomic mass is 10.1. The molecule has 0 saturated heterocycles. The number of aryl methyl sites for hydroxylation is 1. The molecule has 0 atom stereocenters. The van der Waals surface area contributed by atoms with Crippen LogP contribution >= 0.6 is 0 Å². The third-order valence-electron chi connectivity index (χ3n) is 5.13. The number of fused-ring (bicyclic) bond motifs is 1. The summed E-state index contributed by atoms with van der Waals surface area (Å²) in [4.78, 5) is 22.2. The summed E-state index contributed by atoms with van der Waals surface area (Å²) in [6.07, 6.45) is 0.462. The number of carbonyl (C=O) groups is 1. The number of rotatable bonds is 7. The van der Waals surface area contributed by atoms with Crippen molar-refractivity contribution in [3.8, 4) is 23.1 Å². The summed E-state index contributed by atoms with van der Waals surface area (Å²) >= 11 is 0. The first-order valence-electron chi connectivity index (χ1n) is 9.88. The maximum absolute atomic E-state index is 12.8. The predicted molar refractivity (Wildman–Crippen MR) is 117 cm³/mol. The first-order valence-corrected chi connectivity index (χ1v) is 9.88. The molecule has 0 spiro atoms. The van der Waals surface area contributed by atoms with Crippen molar-refractivity contribution in [2.24, 2.45) is 0 Å². The lowest BCUT2D eigenvalue weighted by Gasteiger charge is -2.18. The molecule has 1 amide bonds. The third-order valence-corrected chi connectivity index (χ3v) is 5.13. The molecule has 0 aliphatic carbocycles. The third kappa shape index (κ3) is 4.23. The molecule has 4 rings (SSSR count). The zero-order valence-corrected chi connectivity index (χ0v) is 17.9. The molecule has 0 radical (unpaired) electrons. The van der Waals surface area contributed by atoms with E-state index in [9.17, 15) is 4.79 Å². The molecule has 8 heteroatoms. The molecule has 0 aliphatic heterocycles. The van der Waals surface area contributed by atoms with E-state index in [1.54, 1.807) is 37.3 Å². The van der Waals surface area contributed by atoms with Gasteiger partial charge in [-0.15, -0.1) is 0 Å². The number of amides is 1. The maximum atomic E-state index is 12.8. The molecule has 2 aromatic carbocycles. The van der Waals surface area contributed by atoms with E-state index in [-0.39, 0.29) is 5.91 Å². The SMILES string of the molecule is COc1ccc(C(=O)N(C)CCc2noc(-c3cc4cc(C)ccc4[nH]3)n2)c(OC)c1. The van der Waals surface area contributed by atoms with E-state index >= 15 is 0 Å². The van der Waals surface area contributed by atoms with Gasteiger partial charge in [-0.2, -0.15) is 4.98 Å². The predicted octanol–water partition coefficient (Wildman–Crippen LogP) is 3.86. The largest absolute Gasteiger partial charge is 0.497 e. The number of H-pyrrole nitrogens is 1. The average molecular weight is 420 g/mol. The van der Waals surface area contributed by atoms with E-state index in [0.717, 1.165) is 16.6 Å². The smallest absolute Gasteiger partial charge is 0.274 e. The highest BCUT2D eigenvalue weighted by Gasteiger charge is 2.19. The van der Waals surface area contributed by atoms with Crippen LogP contribution in [0, 0.1) is 6.92 Å². The van der Waals surface area contributed by atoms with E-state index in [1.165, 1.54) is 12.7 Å². The van der Waals surface area contributed by atoms with Crippen LogP contribution in [0.5, 0.6) is 11.5 Å². The number of aromatic nitrogens is 3. The summed E-state index contributed by atoms with van der Waals surface area (Å²) in [5.41, 5.74) is 3.43. The Morgan fingerprint density at radius 1 is 1.13 bits per heavy atom. The van der Waals surface area contributed by atoms with Crippen molar-refractivity contribution in [1.82, 2.24) is 20.0 Å². The molecule has 0 saturated carbocycles. The number of hydrogen-bond acceptors (Lipinski definition) is 6. The Hall–Kier alpha value is -3.81. The zero-order valence-electron chi connectivity index (χ0n) is 17.9. The molecular weight excluding hydrogens is 396 g/mol. The number of aromatic amines is 1. The normalized spacial score (nSPS) is 11.0. The van der Waals surface area contributed by atoms with Crippen molar-refractivity contribution >= 4 is 16.8 Å². The number of carbonyl (C=O) groups excluding carboxylic acids is 1. The van der Waals surface area contributed by atoms with Gasteiger partial charge in [-0.05, 0) is 37.3 Å². The molecule has 0 aliphatic rings. The Morgan fingerprint density at radius 3 is 2.74 bits per heavy atom. The summed E-state index contributed by atoms with van der Waals surface area (Å²) in [5, 5.41) is 5.15. The number of methoxy groups -OCH3 is 2. The maximum Gasteiger partial charge on any atom is 0.274 e. The van der Waals surface area contributed by atoms with Crippen molar-refractivity contribution in [1.29, 1.82) is 0 Å². The van der Waals surface area contributed by atoms with Crippen LogP contribution in [-0.2, 0) is 6.42 Å². The second-order valence-electron chi connectivity index (χ2n) is 7.33. The molecule has 2 heterocycles. The highest BCUT2D eigenvalue weighted by molar-refractivity contribution is 5.97. The molecule has 31 heavy (non-hydrogen) atoms. The Balaban J connectivity index is 1.43. The minimum atomic E-state index is -0.158. The van der Waals surface area contributed by atoms with E-state index in [2.05, 4.69) is 28.1 Å². The molecule has 8 nitrogen and oxygen atoms in total. The Bertz CT molecular complexity index is 1230. The van der Waals surface area contributed by atoms with Gasteiger partial charge in [-0.25, -0.2) is 0 Å². The molecule has 0 bridgehead atoms. The first-order chi connectivity index (χ1) is 15.0. The topological polar surface area (TPSA) is 93.5 Å². The van der Waals surface area contributed by atoms with Gasteiger partial charge in [-0.3, -0.25) is 4.79 Å². The van der Waals surface area contributed by atoms with Gasteiger partial charge >= 0.3 is 0 Å². The highest BCUT2D eigenvalue weighted by atomic mass is 16.5. The van der Waals surface area contributed by atoms with Gasteiger partial charge < -0.3 is 23.9 Å². The summed E-state index contributed by atoms with van der Waals surface area (Å²) in [6.45, 7) is 2.48. The van der Waals surface area contributed by atoms with Crippen LogP contribution in [0.15, 0.2) is 47.0 Å².